The maximum Gasteiger partial charge on any atom is 0.407 e. The molecule has 1 amide bonds. The number of esters is 1. The van der Waals surface area contributed by atoms with Gasteiger partial charge in [-0.2, -0.15) is 0 Å². The molecule has 4 aliphatic rings. The largest absolute Gasteiger partial charge is 0.462 e. The molecule has 2 aliphatic heterocycles. The van der Waals surface area contributed by atoms with Crippen LogP contribution in [0, 0.1) is 29.6 Å². The Morgan fingerprint density at radius 3 is 2.82 bits per heavy atom. The molecule has 4 heterocycles. The molecular formula is C27H29N3O4. The van der Waals surface area contributed by atoms with Gasteiger partial charge in [-0.15, -0.1) is 0 Å². The average Bonchev–Trinajstić information content (AvgIpc) is 3.35. The highest BCUT2D eigenvalue weighted by Gasteiger charge is 2.57. The van der Waals surface area contributed by atoms with Crippen molar-refractivity contribution in [2.24, 2.45) is 29.6 Å². The molecule has 7 atom stereocenters. The summed E-state index contributed by atoms with van der Waals surface area (Å²) in [6.07, 6.45) is 11.2. The summed E-state index contributed by atoms with van der Waals surface area (Å²) in [6, 6.07) is 9.90. The molecule has 7 heteroatoms. The van der Waals surface area contributed by atoms with Crippen LogP contribution in [0.3, 0.4) is 0 Å². The Balaban J connectivity index is 1.26. The Morgan fingerprint density at radius 1 is 1.18 bits per heavy atom. The van der Waals surface area contributed by atoms with E-state index in [0.717, 1.165) is 42.6 Å². The van der Waals surface area contributed by atoms with Gasteiger partial charge in [0.25, 0.3) is 0 Å². The minimum absolute atomic E-state index is 0.0708. The van der Waals surface area contributed by atoms with E-state index in [4.69, 9.17) is 9.47 Å². The first-order valence-corrected chi connectivity index (χ1v) is 12.2. The van der Waals surface area contributed by atoms with Gasteiger partial charge in [-0.25, -0.2) is 4.79 Å². The van der Waals surface area contributed by atoms with Crippen LogP contribution in [0.25, 0.3) is 17.3 Å². The van der Waals surface area contributed by atoms with Gasteiger partial charge in [0.05, 0.1) is 22.8 Å². The predicted molar refractivity (Wildman–Crippen MR) is 125 cm³/mol. The number of fused-ring (bicyclic) bond motifs is 2. The summed E-state index contributed by atoms with van der Waals surface area (Å²) in [5, 5.41) is 3.06. The van der Waals surface area contributed by atoms with Crippen LogP contribution in [0.1, 0.15) is 38.3 Å². The van der Waals surface area contributed by atoms with Gasteiger partial charge in [-0.1, -0.05) is 12.1 Å². The molecule has 176 valence electrons. The first-order valence-electron chi connectivity index (χ1n) is 12.2. The smallest absolute Gasteiger partial charge is 0.407 e. The molecule has 0 bridgehead atoms. The van der Waals surface area contributed by atoms with E-state index in [1.54, 1.807) is 6.20 Å². The number of hydrogen-bond acceptors (Lipinski definition) is 6. The third-order valence-electron chi connectivity index (χ3n) is 8.40. The van der Waals surface area contributed by atoms with Crippen molar-refractivity contribution in [1.29, 1.82) is 0 Å². The molecule has 2 saturated carbocycles. The van der Waals surface area contributed by atoms with Crippen molar-refractivity contribution in [1.82, 2.24) is 15.3 Å². The third-order valence-corrected chi connectivity index (χ3v) is 8.40. The van der Waals surface area contributed by atoms with E-state index in [0.29, 0.717) is 18.4 Å². The van der Waals surface area contributed by atoms with E-state index in [-0.39, 0.29) is 41.5 Å². The number of amides is 1. The number of alkyl carbamates (subject to hydrolysis) is 1. The van der Waals surface area contributed by atoms with Crippen LogP contribution >= 0.6 is 0 Å². The Kier molecular flexibility index (Phi) is 5.15. The summed E-state index contributed by atoms with van der Waals surface area (Å²) in [6.45, 7) is 2.45. The minimum atomic E-state index is -0.322. The van der Waals surface area contributed by atoms with E-state index in [1.165, 1.54) is 0 Å². The van der Waals surface area contributed by atoms with Gasteiger partial charge in [0, 0.05) is 23.9 Å². The van der Waals surface area contributed by atoms with Crippen molar-refractivity contribution in [3.8, 4) is 11.3 Å². The number of nitrogens with zero attached hydrogens (tertiary/aromatic N) is 2. The molecule has 2 aromatic heterocycles. The quantitative estimate of drug-likeness (QED) is 0.690. The lowest BCUT2D eigenvalue weighted by Gasteiger charge is -2.49. The zero-order valence-corrected chi connectivity index (χ0v) is 19.2. The minimum Gasteiger partial charge on any atom is -0.462 e. The summed E-state index contributed by atoms with van der Waals surface area (Å²) in [5.74, 6) is 1.06. The molecule has 7 nitrogen and oxygen atoms in total. The second-order valence-electron chi connectivity index (χ2n) is 10.3. The Morgan fingerprint density at radius 2 is 2.09 bits per heavy atom. The van der Waals surface area contributed by atoms with Crippen LogP contribution in [0.15, 0.2) is 48.8 Å². The number of cyclic esters (lactones) is 2. The molecule has 0 unspecified atom stereocenters. The van der Waals surface area contributed by atoms with Gasteiger partial charge in [0.1, 0.15) is 12.7 Å². The van der Waals surface area contributed by atoms with Crippen LogP contribution in [-0.4, -0.2) is 40.3 Å². The topological polar surface area (TPSA) is 90.4 Å². The molecule has 4 fully saturated rings. The van der Waals surface area contributed by atoms with Crippen molar-refractivity contribution in [2.45, 2.75) is 44.2 Å². The fourth-order valence-corrected chi connectivity index (χ4v) is 6.89. The number of allylic oxidation sites excluding steroid dienone is 1. The van der Waals surface area contributed by atoms with Crippen LogP contribution in [0.5, 0.6) is 0 Å². The summed E-state index contributed by atoms with van der Waals surface area (Å²) in [4.78, 5) is 33.5. The van der Waals surface area contributed by atoms with Crippen molar-refractivity contribution in [3.05, 3.63) is 54.5 Å². The zero-order chi connectivity index (χ0) is 23.3. The molecule has 2 saturated heterocycles. The summed E-state index contributed by atoms with van der Waals surface area (Å²) in [5.41, 5.74) is 2.49. The van der Waals surface area contributed by atoms with Crippen LogP contribution in [-0.2, 0) is 14.3 Å². The van der Waals surface area contributed by atoms with E-state index < -0.39 is 0 Å². The molecular weight excluding hydrogens is 430 g/mol. The maximum absolute atomic E-state index is 12.7. The number of hydrogen-bond donors (Lipinski definition) is 1. The van der Waals surface area contributed by atoms with Gasteiger partial charge < -0.3 is 14.8 Å². The molecule has 34 heavy (non-hydrogen) atoms. The van der Waals surface area contributed by atoms with Crippen LogP contribution < -0.4 is 5.32 Å². The van der Waals surface area contributed by atoms with Gasteiger partial charge >= 0.3 is 12.1 Å². The van der Waals surface area contributed by atoms with E-state index in [9.17, 15) is 9.59 Å². The van der Waals surface area contributed by atoms with Gasteiger partial charge in [0.2, 0.25) is 0 Å². The molecule has 1 N–H and O–H groups in total. The number of aromatic nitrogens is 2. The first-order chi connectivity index (χ1) is 16.5. The fourth-order valence-electron chi connectivity index (χ4n) is 6.89. The second kappa shape index (κ2) is 8.22. The molecule has 0 radical (unpaired) electrons. The number of carbonyl (C=O) groups excluding carboxylic acids is 2. The van der Waals surface area contributed by atoms with Crippen molar-refractivity contribution < 1.29 is 19.1 Å². The fraction of sp³-hybridized carbons (Fsp3) is 0.481. The number of pyridine rings is 2. The summed E-state index contributed by atoms with van der Waals surface area (Å²) >= 11 is 0. The Labute approximate surface area is 199 Å². The van der Waals surface area contributed by atoms with Gasteiger partial charge in [-0.3, -0.25) is 14.8 Å². The lowest BCUT2D eigenvalue weighted by atomic mass is 9.55. The highest BCUT2D eigenvalue weighted by molar-refractivity contribution is 5.76. The lowest BCUT2D eigenvalue weighted by molar-refractivity contribution is -0.144. The molecule has 1 spiro atoms. The monoisotopic (exact) mass is 459 g/mol. The van der Waals surface area contributed by atoms with Gasteiger partial charge in [0.15, 0.2) is 0 Å². The molecule has 0 aromatic carbocycles. The molecule has 6 rings (SSSR count). The molecule has 2 aromatic rings. The highest BCUT2D eigenvalue weighted by Crippen LogP contribution is 2.55. The standard InChI is InChI=1S/C27H29N3O4/c1-16-24-21(8-7-19-6-5-17(14-29-19)23-4-2-3-11-28-23)20-9-10-27(15-33-26(32)30-27)13-18(20)12-22(24)25(31)34-16/h2-8,11,14,16,18,20-22,24H,9-10,12-13,15H2,1H3,(H,30,32)/b8-7+/t16-,18-,20-,21+,22-,24+,27+/m1/s1. The zero-order valence-electron chi connectivity index (χ0n) is 19.2. The SMILES string of the molecule is C[C@H]1OC(=O)[C@@H]2C[C@@H]3C[C@@]4(CC[C@H]3[C@H](/C=C/c3ccc(-c5ccccn5)cn3)[C@H]12)COC(=O)N4. The number of ether oxygens (including phenoxy) is 2. The predicted octanol–water partition coefficient (Wildman–Crippen LogP) is 4.25. The Bertz CT molecular complexity index is 1120. The summed E-state index contributed by atoms with van der Waals surface area (Å²) < 4.78 is 11.0. The number of carbonyl (C=O) groups is 2. The van der Waals surface area contributed by atoms with Crippen molar-refractivity contribution in [3.63, 3.8) is 0 Å². The molecule has 2 aliphatic carbocycles. The average molecular weight is 460 g/mol. The number of nitrogens with one attached hydrogen (secondary N) is 1. The van der Waals surface area contributed by atoms with Gasteiger partial charge in [-0.05, 0) is 80.7 Å². The lowest BCUT2D eigenvalue weighted by Crippen LogP contribution is -2.53. The normalized spacial score (nSPS) is 36.6. The maximum atomic E-state index is 12.7. The van der Waals surface area contributed by atoms with E-state index in [1.807, 2.05) is 43.5 Å². The first kappa shape index (κ1) is 21.3. The highest BCUT2D eigenvalue weighted by atomic mass is 16.6. The van der Waals surface area contributed by atoms with E-state index in [2.05, 4.69) is 27.4 Å². The van der Waals surface area contributed by atoms with Crippen molar-refractivity contribution in [2.75, 3.05) is 6.61 Å². The van der Waals surface area contributed by atoms with E-state index >= 15 is 0 Å². The van der Waals surface area contributed by atoms with Crippen LogP contribution in [0.4, 0.5) is 4.79 Å². The second-order valence-corrected chi connectivity index (χ2v) is 10.3. The Hall–Kier alpha value is -3.22. The number of rotatable bonds is 3. The third kappa shape index (κ3) is 3.67. The van der Waals surface area contributed by atoms with Crippen LogP contribution in [0.2, 0.25) is 0 Å². The summed E-state index contributed by atoms with van der Waals surface area (Å²) in [7, 11) is 0. The van der Waals surface area contributed by atoms with Crippen molar-refractivity contribution >= 4 is 18.1 Å².